The Morgan fingerprint density at radius 3 is 0.974 bits per heavy atom. The van der Waals surface area contributed by atoms with Gasteiger partial charge in [0.25, 0.3) is 0 Å². The summed E-state index contributed by atoms with van der Waals surface area (Å²) in [6.07, 6.45) is 16.8. The maximum absolute atomic E-state index is 2.37. The minimum Gasteiger partial charge on any atom is -0.311 e. The SMILES string of the molecule is CC1C=C(N(c2ccccc2)c2ccc(/C=C/c3ccc(-c4c(-c5ccccc5)c(-c5ccccc5)c(-c5ccc(/C=C/c6ccc(N(c7ccccc7)c7ccccc7)cc6)cc5)c5ccccc45)cc3)cc2)C=CC1. The molecular weight excluding hydrogens is 929 g/mol. The summed E-state index contributed by atoms with van der Waals surface area (Å²) in [5.41, 5.74) is 21.0. The Kier molecular flexibility index (Phi) is 14.0. The fraction of sp³-hybridized carbons (Fsp3) is 0.0400. The number of fused-ring (bicyclic) bond motifs is 1. The van der Waals surface area contributed by atoms with Gasteiger partial charge in [-0.15, -0.1) is 0 Å². The fourth-order valence-electron chi connectivity index (χ4n) is 10.8. The lowest BCUT2D eigenvalue weighted by molar-refractivity contribution is 0.726. The molecule has 0 amide bonds. The summed E-state index contributed by atoms with van der Waals surface area (Å²) >= 11 is 0. The van der Waals surface area contributed by atoms with E-state index < -0.39 is 0 Å². The van der Waals surface area contributed by atoms with Gasteiger partial charge in [-0.05, 0) is 157 Å². The van der Waals surface area contributed by atoms with Crippen LogP contribution in [0.25, 0.3) is 79.6 Å². The minimum absolute atomic E-state index is 0.497. The second kappa shape index (κ2) is 22.4. The van der Waals surface area contributed by atoms with Crippen LogP contribution in [0.1, 0.15) is 35.6 Å². The summed E-state index contributed by atoms with van der Waals surface area (Å²) in [5.74, 6) is 0.497. The largest absolute Gasteiger partial charge is 0.311 e. The summed E-state index contributed by atoms with van der Waals surface area (Å²) in [7, 11) is 0. The molecule has 0 saturated carbocycles. The van der Waals surface area contributed by atoms with Crippen LogP contribution < -0.4 is 9.80 Å². The standard InChI is InChI=1S/C75H58N2/c1-55-20-19-31-69(54-55)77(66-29-15-6-16-30-66)68-52-44-59(45-53-68)37-35-57-40-48-63(49-41-57)73-71-33-18-17-32-70(71)72(74(60-21-7-2-8-22-60)75(73)61-23-9-3-10-24-61)62-46-38-56(39-47-62)34-36-58-42-50-67(51-43-58)76(64-25-11-4-12-26-64)65-27-13-5-14-28-65/h2-19,21-55H,20H2,1H3/b36-34+,37-35+. The highest BCUT2D eigenvalue weighted by atomic mass is 15.1. The average molecular weight is 987 g/mol. The third-order valence-electron chi connectivity index (χ3n) is 14.5. The van der Waals surface area contributed by atoms with Gasteiger partial charge in [0.1, 0.15) is 0 Å². The van der Waals surface area contributed by atoms with Gasteiger partial charge >= 0.3 is 0 Å². The highest BCUT2D eigenvalue weighted by molar-refractivity contribution is 6.18. The van der Waals surface area contributed by atoms with E-state index in [9.17, 15) is 0 Å². The zero-order chi connectivity index (χ0) is 51.8. The molecule has 0 heterocycles. The van der Waals surface area contributed by atoms with Crippen molar-refractivity contribution in [3.05, 3.63) is 319 Å². The average Bonchev–Trinajstić information content (AvgIpc) is 3.50. The smallest absolute Gasteiger partial charge is 0.0462 e. The zero-order valence-corrected chi connectivity index (χ0v) is 43.2. The first-order chi connectivity index (χ1) is 38.1. The molecule has 1 aliphatic carbocycles. The Hall–Kier alpha value is -9.76. The first kappa shape index (κ1) is 48.2. The van der Waals surface area contributed by atoms with Gasteiger partial charge < -0.3 is 9.80 Å². The number of allylic oxidation sites excluding steroid dienone is 3. The number of rotatable bonds is 14. The van der Waals surface area contributed by atoms with Gasteiger partial charge in [-0.2, -0.15) is 0 Å². The lowest BCUT2D eigenvalue weighted by Gasteiger charge is -2.28. The normalized spacial score (nSPS) is 13.3. The van der Waals surface area contributed by atoms with Gasteiger partial charge in [-0.1, -0.05) is 256 Å². The van der Waals surface area contributed by atoms with E-state index in [1.807, 2.05) is 0 Å². The second-order valence-corrected chi connectivity index (χ2v) is 19.8. The van der Waals surface area contributed by atoms with E-state index in [0.29, 0.717) is 5.92 Å². The van der Waals surface area contributed by atoms with Crippen molar-refractivity contribution in [2.45, 2.75) is 13.3 Å². The molecule has 11 aromatic rings. The van der Waals surface area contributed by atoms with Crippen LogP contribution in [0.3, 0.4) is 0 Å². The van der Waals surface area contributed by atoms with Crippen molar-refractivity contribution >= 4 is 63.5 Å². The Morgan fingerprint density at radius 2 is 0.597 bits per heavy atom. The predicted molar refractivity (Wildman–Crippen MR) is 331 cm³/mol. The van der Waals surface area contributed by atoms with E-state index in [1.54, 1.807) is 0 Å². The van der Waals surface area contributed by atoms with Crippen molar-refractivity contribution in [1.29, 1.82) is 0 Å². The first-order valence-corrected chi connectivity index (χ1v) is 26.7. The molecule has 1 atom stereocenters. The molecule has 368 valence electrons. The van der Waals surface area contributed by atoms with E-state index in [0.717, 1.165) is 57.1 Å². The molecule has 2 nitrogen and oxygen atoms in total. The van der Waals surface area contributed by atoms with Crippen molar-refractivity contribution in [2.24, 2.45) is 5.92 Å². The van der Waals surface area contributed by atoms with Crippen LogP contribution >= 0.6 is 0 Å². The van der Waals surface area contributed by atoms with E-state index >= 15 is 0 Å². The molecule has 0 fully saturated rings. The highest BCUT2D eigenvalue weighted by Crippen LogP contribution is 2.51. The molecule has 0 N–H and O–H groups in total. The zero-order valence-electron chi connectivity index (χ0n) is 43.2. The quantitative estimate of drug-likeness (QED) is 0.100. The number of para-hydroxylation sites is 3. The minimum atomic E-state index is 0.497. The van der Waals surface area contributed by atoms with Crippen LogP contribution in [0, 0.1) is 5.92 Å². The van der Waals surface area contributed by atoms with Gasteiger partial charge in [0.05, 0.1) is 0 Å². The lowest BCUT2D eigenvalue weighted by atomic mass is 9.79. The summed E-state index contributed by atoms with van der Waals surface area (Å²) in [4.78, 5) is 4.64. The molecular formula is C75H58N2. The van der Waals surface area contributed by atoms with Gasteiger partial charge in [0, 0.05) is 34.1 Å². The molecule has 0 spiro atoms. The van der Waals surface area contributed by atoms with Gasteiger partial charge in [-0.25, -0.2) is 0 Å². The molecule has 0 bridgehead atoms. The summed E-state index contributed by atoms with van der Waals surface area (Å²) < 4.78 is 0. The van der Waals surface area contributed by atoms with Crippen LogP contribution in [0.2, 0.25) is 0 Å². The molecule has 2 heteroatoms. The van der Waals surface area contributed by atoms with Gasteiger partial charge in [-0.3, -0.25) is 0 Å². The Bertz CT molecular complexity index is 3840. The Morgan fingerprint density at radius 1 is 0.299 bits per heavy atom. The predicted octanol–water partition coefficient (Wildman–Crippen LogP) is 20.9. The number of hydrogen-bond donors (Lipinski definition) is 0. The molecule has 1 aliphatic rings. The third kappa shape index (κ3) is 10.5. The Balaban J connectivity index is 0.872. The monoisotopic (exact) mass is 986 g/mol. The third-order valence-corrected chi connectivity index (χ3v) is 14.5. The second-order valence-electron chi connectivity index (χ2n) is 19.8. The van der Waals surface area contributed by atoms with E-state index in [4.69, 9.17) is 0 Å². The van der Waals surface area contributed by atoms with Crippen LogP contribution in [0.5, 0.6) is 0 Å². The number of nitrogens with zero attached hydrogens (tertiary/aromatic N) is 2. The summed E-state index contributed by atoms with van der Waals surface area (Å²) in [6.45, 7) is 2.28. The molecule has 11 aromatic carbocycles. The topological polar surface area (TPSA) is 6.48 Å². The van der Waals surface area contributed by atoms with E-state index in [1.165, 1.54) is 61.0 Å². The number of benzene rings is 11. The number of anilines is 5. The maximum atomic E-state index is 2.37. The molecule has 77 heavy (non-hydrogen) atoms. The fourth-order valence-corrected chi connectivity index (χ4v) is 10.8. The van der Waals surface area contributed by atoms with Crippen LogP contribution in [-0.2, 0) is 0 Å². The van der Waals surface area contributed by atoms with E-state index in [-0.39, 0.29) is 0 Å². The summed E-state index contributed by atoms with van der Waals surface area (Å²) in [5, 5.41) is 2.43. The molecule has 1 unspecified atom stereocenters. The number of hydrogen-bond acceptors (Lipinski definition) is 2. The summed E-state index contributed by atoms with van der Waals surface area (Å²) in [6, 6.07) is 98.5. The molecule has 0 saturated heterocycles. The molecule has 0 radical (unpaired) electrons. The first-order valence-electron chi connectivity index (χ1n) is 26.7. The van der Waals surface area contributed by atoms with Crippen LogP contribution in [-0.4, -0.2) is 0 Å². The molecule has 0 aromatic heterocycles. The highest BCUT2D eigenvalue weighted by Gasteiger charge is 2.24. The van der Waals surface area contributed by atoms with Crippen LogP contribution in [0.15, 0.2) is 297 Å². The molecule has 12 rings (SSSR count). The van der Waals surface area contributed by atoms with Gasteiger partial charge in [0.15, 0.2) is 0 Å². The molecule has 0 aliphatic heterocycles. The van der Waals surface area contributed by atoms with Crippen molar-refractivity contribution in [3.8, 4) is 44.5 Å². The van der Waals surface area contributed by atoms with Crippen molar-refractivity contribution < 1.29 is 0 Å². The van der Waals surface area contributed by atoms with Crippen LogP contribution in [0.4, 0.5) is 28.4 Å². The van der Waals surface area contributed by atoms with Gasteiger partial charge in [0.2, 0.25) is 0 Å². The van der Waals surface area contributed by atoms with E-state index in [2.05, 4.69) is 332 Å². The lowest BCUT2D eigenvalue weighted by Crippen LogP contribution is -2.17. The maximum Gasteiger partial charge on any atom is 0.0462 e. The Labute approximate surface area is 453 Å². The van der Waals surface area contributed by atoms with Crippen molar-refractivity contribution in [1.82, 2.24) is 0 Å². The van der Waals surface area contributed by atoms with Crippen molar-refractivity contribution in [3.63, 3.8) is 0 Å². The van der Waals surface area contributed by atoms with Crippen molar-refractivity contribution in [2.75, 3.05) is 9.80 Å².